The van der Waals surface area contributed by atoms with Crippen molar-refractivity contribution in [2.75, 3.05) is 13.1 Å². The topological polar surface area (TPSA) is 133 Å². The molecular weight excluding hydrogens is 688 g/mol. The molecule has 11 heteroatoms. The second-order valence-electron chi connectivity index (χ2n) is 12.7. The number of halogens is 1. The zero-order valence-electron chi connectivity index (χ0n) is 27.7. The number of imide groups is 2. The van der Waals surface area contributed by atoms with Crippen molar-refractivity contribution in [3.8, 4) is 0 Å². The van der Waals surface area contributed by atoms with E-state index in [-0.39, 0.29) is 24.7 Å². The lowest BCUT2D eigenvalue weighted by Crippen LogP contribution is -2.53. The van der Waals surface area contributed by atoms with E-state index >= 15 is 0 Å². The predicted octanol–water partition coefficient (Wildman–Crippen LogP) is 6.30. The van der Waals surface area contributed by atoms with E-state index in [1.165, 1.54) is 0 Å². The molecule has 6 amide bonds. The normalized spacial score (nSPS) is 15.6. The number of nitrogens with zero attached hydrogens (tertiary/aromatic N) is 2. The van der Waals surface area contributed by atoms with Crippen LogP contribution in [0.2, 0.25) is 0 Å². The summed E-state index contributed by atoms with van der Waals surface area (Å²) >= 11 is 3.73. The summed E-state index contributed by atoms with van der Waals surface area (Å²) in [7, 11) is 0. The van der Waals surface area contributed by atoms with Crippen molar-refractivity contribution >= 4 is 94.5 Å². The molecule has 2 unspecified atom stereocenters. The summed E-state index contributed by atoms with van der Waals surface area (Å²) in [6, 6.07) is 10.4. The first-order chi connectivity index (χ1) is 23.6. The number of carbonyl (C=O) groups excluding carboxylic acids is 6. The fraction of sp³-hybridized carbons (Fsp3) is 0.316. The molecule has 0 radical (unpaired) electrons. The largest absolute Gasteiger partial charge is 0.354 e. The Morgan fingerprint density at radius 1 is 0.571 bits per heavy atom. The van der Waals surface area contributed by atoms with E-state index in [9.17, 15) is 28.8 Å². The molecule has 0 aliphatic carbocycles. The van der Waals surface area contributed by atoms with Crippen molar-refractivity contribution in [2.24, 2.45) is 0 Å². The number of fused-ring (bicyclic) bond motifs is 2. The lowest BCUT2D eigenvalue weighted by molar-refractivity contribution is -0.125. The van der Waals surface area contributed by atoms with Gasteiger partial charge in [-0.2, -0.15) is 0 Å². The van der Waals surface area contributed by atoms with Crippen LogP contribution in [0.3, 0.4) is 0 Å². The van der Waals surface area contributed by atoms with Gasteiger partial charge in [-0.25, -0.2) is 0 Å². The van der Waals surface area contributed by atoms with Gasteiger partial charge in [0.25, 0.3) is 23.6 Å². The minimum atomic E-state index is -0.961. The Morgan fingerprint density at radius 2 is 0.980 bits per heavy atom. The zero-order valence-corrected chi connectivity index (χ0v) is 29.2. The molecule has 2 N–H and O–H groups in total. The van der Waals surface area contributed by atoms with Crippen LogP contribution in [0.15, 0.2) is 46.9 Å². The molecule has 0 fully saturated rings. The highest BCUT2D eigenvalue weighted by Crippen LogP contribution is 2.48. The van der Waals surface area contributed by atoms with E-state index in [4.69, 9.17) is 0 Å². The van der Waals surface area contributed by atoms with E-state index in [0.29, 0.717) is 61.4 Å². The van der Waals surface area contributed by atoms with Crippen LogP contribution >= 0.6 is 15.9 Å². The van der Waals surface area contributed by atoms with E-state index in [0.717, 1.165) is 44.2 Å². The van der Waals surface area contributed by atoms with Crippen LogP contribution < -0.4 is 10.6 Å². The third-order valence-electron chi connectivity index (χ3n) is 9.85. The van der Waals surface area contributed by atoms with Gasteiger partial charge in [-0.15, -0.1) is 0 Å². The molecule has 2 aliphatic heterocycles. The van der Waals surface area contributed by atoms with Crippen LogP contribution in [-0.2, 0) is 9.59 Å². The molecule has 10 nitrogen and oxygen atoms in total. The van der Waals surface area contributed by atoms with Crippen LogP contribution in [0.5, 0.6) is 0 Å². The fourth-order valence-electron chi connectivity index (χ4n) is 7.62. The highest BCUT2D eigenvalue weighted by molar-refractivity contribution is 9.10. The van der Waals surface area contributed by atoms with Crippen LogP contribution in [-0.4, -0.2) is 70.4 Å². The molecule has 250 valence electrons. The van der Waals surface area contributed by atoms with Crippen LogP contribution in [0, 0.1) is 0 Å². The maximum absolute atomic E-state index is 14.1. The molecular formula is C38H35BrN4O6. The fourth-order valence-corrected chi connectivity index (χ4v) is 8.26. The molecule has 2 atom stereocenters. The first kappa shape index (κ1) is 32.6. The van der Waals surface area contributed by atoms with Gasteiger partial charge in [-0.1, -0.05) is 61.8 Å². The summed E-state index contributed by atoms with van der Waals surface area (Å²) in [4.78, 5) is 84.6. The molecule has 5 aromatic rings. The van der Waals surface area contributed by atoms with E-state index in [2.05, 4.69) is 26.6 Å². The maximum Gasteiger partial charge on any atom is 0.262 e. The van der Waals surface area contributed by atoms with Crippen molar-refractivity contribution in [3.63, 3.8) is 0 Å². The highest BCUT2D eigenvalue weighted by Gasteiger charge is 2.43. The number of hydrogen-bond acceptors (Lipinski definition) is 6. The van der Waals surface area contributed by atoms with E-state index < -0.39 is 35.7 Å². The summed E-state index contributed by atoms with van der Waals surface area (Å²) in [6.45, 7) is 8.29. The van der Waals surface area contributed by atoms with Gasteiger partial charge in [0.15, 0.2) is 0 Å². The summed E-state index contributed by atoms with van der Waals surface area (Å²) in [5.41, 5.74) is 1.29. The van der Waals surface area contributed by atoms with E-state index in [1.54, 1.807) is 38.1 Å². The number of hydrogen-bond donors (Lipinski definition) is 2. The Kier molecular flexibility index (Phi) is 8.13. The molecule has 0 saturated carbocycles. The third-order valence-corrected chi connectivity index (χ3v) is 10.5. The molecule has 0 bridgehead atoms. The minimum absolute atomic E-state index is 0.264. The van der Waals surface area contributed by atoms with Crippen molar-refractivity contribution in [1.82, 2.24) is 20.4 Å². The molecule has 0 saturated heterocycles. The summed E-state index contributed by atoms with van der Waals surface area (Å²) in [6.07, 6.45) is 1.98. The number of carbonyl (C=O) groups is 6. The average Bonchev–Trinajstić information content (AvgIpc) is 3.10. The first-order valence-electron chi connectivity index (χ1n) is 16.8. The van der Waals surface area contributed by atoms with Gasteiger partial charge in [0.1, 0.15) is 12.1 Å². The molecule has 49 heavy (non-hydrogen) atoms. The third kappa shape index (κ3) is 4.58. The van der Waals surface area contributed by atoms with Gasteiger partial charge in [0.05, 0.1) is 0 Å². The van der Waals surface area contributed by atoms with Crippen molar-refractivity contribution < 1.29 is 28.8 Å². The standard InChI is InChI=1S/C38H35BrN4O6/c1-5-15-40-33(44)26(7-3)42-35(46)21-12-9-18-19-10-13-23-30-24(38(49)43(37(23)48)27(8-4)34(45)41-16-6-2)17-25(39)31(32(19)30)20-11-14-22(36(42)47)29(21)28(18)20/h9-14,17,26-27H,5-8,15-16H2,1-4H3,(H,40,44)(H,41,45). The van der Waals surface area contributed by atoms with Gasteiger partial charge < -0.3 is 10.6 Å². The maximum atomic E-state index is 14.1. The van der Waals surface area contributed by atoms with Crippen LogP contribution in [0.1, 0.15) is 94.8 Å². The monoisotopic (exact) mass is 722 g/mol. The van der Waals surface area contributed by atoms with Gasteiger partial charge in [-0.3, -0.25) is 38.6 Å². The zero-order chi connectivity index (χ0) is 34.9. The number of benzene rings is 5. The Labute approximate surface area is 290 Å². The highest BCUT2D eigenvalue weighted by atomic mass is 79.9. The molecule has 5 aromatic carbocycles. The summed E-state index contributed by atoms with van der Waals surface area (Å²) in [5, 5.41) is 11.1. The Morgan fingerprint density at radius 3 is 1.43 bits per heavy atom. The Bertz CT molecular complexity index is 2280. The van der Waals surface area contributed by atoms with Gasteiger partial charge in [0.2, 0.25) is 11.8 Å². The number of amides is 6. The molecule has 2 heterocycles. The second-order valence-corrected chi connectivity index (χ2v) is 13.5. The molecule has 7 rings (SSSR count). The quantitative estimate of drug-likeness (QED) is 0.0988. The van der Waals surface area contributed by atoms with Gasteiger partial charge in [0, 0.05) is 61.4 Å². The smallest absolute Gasteiger partial charge is 0.262 e. The SMILES string of the molecule is CCCNC(=O)C(CC)N1C(=O)c2ccc3c4ccc5c6c(cc(Br)c(c7ccc(c2c37)C1=O)c64)C(=O)N(C(CC)C(=O)NCCC)C5=O. The Hall–Kier alpha value is -4.90. The second kappa shape index (κ2) is 12.2. The molecule has 0 spiro atoms. The van der Waals surface area contributed by atoms with Gasteiger partial charge in [-0.05, 0) is 71.5 Å². The minimum Gasteiger partial charge on any atom is -0.354 e. The predicted molar refractivity (Wildman–Crippen MR) is 191 cm³/mol. The molecule has 0 aromatic heterocycles. The molecule has 2 aliphatic rings. The van der Waals surface area contributed by atoms with E-state index in [1.807, 2.05) is 32.0 Å². The average molecular weight is 724 g/mol. The van der Waals surface area contributed by atoms with Crippen LogP contribution in [0.25, 0.3) is 43.1 Å². The number of rotatable bonds is 10. The van der Waals surface area contributed by atoms with Crippen molar-refractivity contribution in [2.45, 2.75) is 65.5 Å². The first-order valence-corrected chi connectivity index (χ1v) is 17.6. The van der Waals surface area contributed by atoms with Crippen LogP contribution in [0.4, 0.5) is 0 Å². The van der Waals surface area contributed by atoms with Gasteiger partial charge >= 0.3 is 0 Å². The Balaban J connectivity index is 1.45. The summed E-state index contributed by atoms with van der Waals surface area (Å²) in [5.74, 6) is -2.87. The lowest BCUT2D eigenvalue weighted by Gasteiger charge is -2.34. The summed E-state index contributed by atoms with van der Waals surface area (Å²) < 4.78 is 0.597. The number of nitrogens with one attached hydrogen (secondary N) is 2. The van der Waals surface area contributed by atoms with Crippen molar-refractivity contribution in [1.29, 1.82) is 0 Å². The van der Waals surface area contributed by atoms with Crippen molar-refractivity contribution in [3.05, 3.63) is 69.2 Å². The lowest BCUT2D eigenvalue weighted by atomic mass is 9.82.